The van der Waals surface area contributed by atoms with Crippen LogP contribution in [0.2, 0.25) is 0 Å². The van der Waals surface area contributed by atoms with Crippen molar-refractivity contribution < 1.29 is 4.79 Å². The molecule has 3 heterocycles. The van der Waals surface area contributed by atoms with E-state index in [0.717, 1.165) is 28.3 Å². The lowest BCUT2D eigenvalue weighted by molar-refractivity contribution is -0.119. The normalized spacial score (nSPS) is 13.6. The summed E-state index contributed by atoms with van der Waals surface area (Å²) in [6, 6.07) is 13.9. The van der Waals surface area contributed by atoms with Gasteiger partial charge in [-0.05, 0) is 32.4 Å². The molecule has 130 valence electrons. The summed E-state index contributed by atoms with van der Waals surface area (Å²) in [5.41, 5.74) is 4.98. The van der Waals surface area contributed by atoms with Gasteiger partial charge in [-0.3, -0.25) is 14.7 Å². The maximum Gasteiger partial charge on any atom is 0.228 e. The van der Waals surface area contributed by atoms with E-state index in [0.29, 0.717) is 25.2 Å². The number of rotatable bonds is 3. The molecule has 1 aliphatic heterocycles. The van der Waals surface area contributed by atoms with E-state index in [1.54, 1.807) is 11.1 Å². The van der Waals surface area contributed by atoms with Crippen LogP contribution in [0.4, 0.5) is 5.82 Å². The van der Waals surface area contributed by atoms with Gasteiger partial charge in [0.15, 0.2) is 5.82 Å². The smallest absolute Gasteiger partial charge is 0.228 e. The number of aryl methyl sites for hydroxylation is 2. The molecule has 2 aromatic heterocycles. The zero-order valence-electron chi connectivity index (χ0n) is 14.9. The molecule has 1 aliphatic rings. The molecule has 1 amide bonds. The van der Waals surface area contributed by atoms with Crippen molar-refractivity contribution >= 4 is 11.7 Å². The molecule has 0 fully saturated rings. The third-order valence-electron chi connectivity index (χ3n) is 4.69. The van der Waals surface area contributed by atoms with Crippen LogP contribution in [0.5, 0.6) is 0 Å². The number of benzene rings is 1. The van der Waals surface area contributed by atoms with Gasteiger partial charge in [0.2, 0.25) is 5.91 Å². The number of carbonyl (C=O) groups is 1. The van der Waals surface area contributed by atoms with Crippen molar-refractivity contribution in [3.8, 4) is 11.4 Å². The number of pyridine rings is 1. The van der Waals surface area contributed by atoms with Crippen molar-refractivity contribution in [2.45, 2.75) is 33.2 Å². The number of carbonyl (C=O) groups excluding carboxylic acids is 1. The summed E-state index contributed by atoms with van der Waals surface area (Å²) in [5, 5.41) is 0. The molecule has 0 N–H and O–H groups in total. The third-order valence-corrected chi connectivity index (χ3v) is 4.69. The SMILES string of the molecule is Cc1ccc(-c2nc(C)c3c(n2)N(Cc2ccccn2)C(=O)CC3)cc1. The molecule has 5 nitrogen and oxygen atoms in total. The van der Waals surface area contributed by atoms with Gasteiger partial charge in [0.05, 0.1) is 12.2 Å². The molecule has 0 radical (unpaired) electrons. The highest BCUT2D eigenvalue weighted by Crippen LogP contribution is 2.31. The molecule has 0 saturated carbocycles. The molecule has 3 aromatic rings. The first-order valence-corrected chi connectivity index (χ1v) is 8.76. The number of nitrogens with zero attached hydrogens (tertiary/aromatic N) is 4. The average Bonchev–Trinajstić information content (AvgIpc) is 2.65. The molecule has 5 heteroatoms. The standard InChI is InChI=1S/C21H20N4O/c1-14-6-8-16(9-7-14)20-23-15(2)18-10-11-19(26)25(21(18)24-20)13-17-5-3-4-12-22-17/h3-9,12H,10-11,13H2,1-2H3. The maximum atomic E-state index is 12.6. The molecule has 0 spiro atoms. The number of anilines is 1. The summed E-state index contributed by atoms with van der Waals surface area (Å²) in [4.78, 5) is 28.2. The van der Waals surface area contributed by atoms with Gasteiger partial charge < -0.3 is 0 Å². The van der Waals surface area contributed by atoms with Crippen LogP contribution in [0.1, 0.15) is 28.9 Å². The van der Waals surface area contributed by atoms with E-state index in [2.05, 4.69) is 16.9 Å². The molecule has 0 saturated heterocycles. The van der Waals surface area contributed by atoms with Crippen molar-refractivity contribution in [2.75, 3.05) is 4.90 Å². The minimum absolute atomic E-state index is 0.0797. The fourth-order valence-electron chi connectivity index (χ4n) is 3.23. The first kappa shape index (κ1) is 16.4. The Hall–Kier alpha value is -3.08. The second kappa shape index (κ2) is 6.67. The predicted molar refractivity (Wildman–Crippen MR) is 101 cm³/mol. The van der Waals surface area contributed by atoms with E-state index in [1.807, 2.05) is 49.4 Å². The van der Waals surface area contributed by atoms with Crippen molar-refractivity contribution in [1.29, 1.82) is 0 Å². The summed E-state index contributed by atoms with van der Waals surface area (Å²) >= 11 is 0. The largest absolute Gasteiger partial charge is 0.290 e. The van der Waals surface area contributed by atoms with Crippen LogP contribution >= 0.6 is 0 Å². The van der Waals surface area contributed by atoms with Gasteiger partial charge in [0, 0.05) is 29.4 Å². The molecule has 26 heavy (non-hydrogen) atoms. The highest BCUT2D eigenvalue weighted by Gasteiger charge is 2.28. The Bertz CT molecular complexity index is 952. The van der Waals surface area contributed by atoms with Gasteiger partial charge in [-0.25, -0.2) is 9.97 Å². The van der Waals surface area contributed by atoms with Crippen LogP contribution in [0, 0.1) is 13.8 Å². The van der Waals surface area contributed by atoms with E-state index >= 15 is 0 Å². The van der Waals surface area contributed by atoms with Crippen molar-refractivity contribution in [1.82, 2.24) is 15.0 Å². The summed E-state index contributed by atoms with van der Waals surface area (Å²) in [5.74, 6) is 1.45. The molecular formula is C21H20N4O. The molecule has 0 atom stereocenters. The number of aromatic nitrogens is 3. The van der Waals surface area contributed by atoms with E-state index < -0.39 is 0 Å². The number of hydrogen-bond acceptors (Lipinski definition) is 4. The Labute approximate surface area is 152 Å². The third kappa shape index (κ3) is 3.08. The number of hydrogen-bond donors (Lipinski definition) is 0. The molecule has 0 unspecified atom stereocenters. The fraction of sp³-hybridized carbons (Fsp3) is 0.238. The maximum absolute atomic E-state index is 12.6. The van der Waals surface area contributed by atoms with E-state index in [-0.39, 0.29) is 5.91 Å². The topological polar surface area (TPSA) is 59.0 Å². The van der Waals surface area contributed by atoms with Crippen molar-refractivity contribution in [2.24, 2.45) is 0 Å². The monoisotopic (exact) mass is 344 g/mol. The zero-order chi connectivity index (χ0) is 18.1. The van der Waals surface area contributed by atoms with Gasteiger partial charge in [-0.2, -0.15) is 0 Å². The Balaban J connectivity index is 1.78. The highest BCUT2D eigenvalue weighted by atomic mass is 16.2. The number of fused-ring (bicyclic) bond motifs is 1. The van der Waals surface area contributed by atoms with Gasteiger partial charge in [-0.1, -0.05) is 35.9 Å². The Kier molecular flexibility index (Phi) is 4.21. The van der Waals surface area contributed by atoms with E-state index in [9.17, 15) is 4.79 Å². The Morgan fingerprint density at radius 1 is 1.00 bits per heavy atom. The summed E-state index contributed by atoms with van der Waals surface area (Å²) < 4.78 is 0. The zero-order valence-corrected chi connectivity index (χ0v) is 14.9. The van der Waals surface area contributed by atoms with Gasteiger partial charge in [-0.15, -0.1) is 0 Å². The minimum atomic E-state index is 0.0797. The second-order valence-corrected chi connectivity index (χ2v) is 6.60. The highest BCUT2D eigenvalue weighted by molar-refractivity contribution is 5.95. The summed E-state index contributed by atoms with van der Waals surface area (Å²) in [6.07, 6.45) is 2.91. The Morgan fingerprint density at radius 2 is 1.81 bits per heavy atom. The molecule has 4 rings (SSSR count). The minimum Gasteiger partial charge on any atom is -0.290 e. The summed E-state index contributed by atoms with van der Waals surface area (Å²) in [7, 11) is 0. The van der Waals surface area contributed by atoms with E-state index in [4.69, 9.17) is 4.98 Å². The van der Waals surface area contributed by atoms with Crippen LogP contribution in [-0.4, -0.2) is 20.9 Å². The van der Waals surface area contributed by atoms with Crippen LogP contribution in [0.15, 0.2) is 48.7 Å². The average molecular weight is 344 g/mol. The van der Waals surface area contributed by atoms with Crippen molar-refractivity contribution in [3.63, 3.8) is 0 Å². The molecule has 0 aliphatic carbocycles. The molecule has 0 bridgehead atoms. The summed E-state index contributed by atoms with van der Waals surface area (Å²) in [6.45, 7) is 4.47. The van der Waals surface area contributed by atoms with Crippen LogP contribution in [0.3, 0.4) is 0 Å². The quantitative estimate of drug-likeness (QED) is 0.728. The van der Waals surface area contributed by atoms with Crippen LogP contribution in [-0.2, 0) is 17.8 Å². The Morgan fingerprint density at radius 3 is 2.54 bits per heavy atom. The fourth-order valence-corrected chi connectivity index (χ4v) is 3.23. The lowest BCUT2D eigenvalue weighted by atomic mass is 10.0. The van der Waals surface area contributed by atoms with Gasteiger partial charge >= 0.3 is 0 Å². The van der Waals surface area contributed by atoms with Gasteiger partial charge in [0.1, 0.15) is 5.82 Å². The number of amides is 1. The second-order valence-electron chi connectivity index (χ2n) is 6.60. The van der Waals surface area contributed by atoms with Crippen LogP contribution in [0.25, 0.3) is 11.4 Å². The van der Waals surface area contributed by atoms with Crippen LogP contribution < -0.4 is 4.90 Å². The van der Waals surface area contributed by atoms with Gasteiger partial charge in [0.25, 0.3) is 0 Å². The molecular weight excluding hydrogens is 324 g/mol. The lowest BCUT2D eigenvalue weighted by Gasteiger charge is -2.29. The molecule has 1 aromatic carbocycles. The lowest BCUT2D eigenvalue weighted by Crippen LogP contribution is -2.36. The first-order chi connectivity index (χ1) is 12.6. The first-order valence-electron chi connectivity index (χ1n) is 8.76. The van der Waals surface area contributed by atoms with Crippen molar-refractivity contribution in [3.05, 3.63) is 71.2 Å². The van der Waals surface area contributed by atoms with E-state index in [1.165, 1.54) is 5.56 Å². The predicted octanol–water partition coefficient (Wildman–Crippen LogP) is 3.63.